The molecule has 1 atom stereocenters. The molecular formula is C23H25N3O4. The van der Waals surface area contributed by atoms with Crippen LogP contribution in [0, 0.1) is 0 Å². The van der Waals surface area contributed by atoms with Gasteiger partial charge in [0.05, 0.1) is 31.6 Å². The summed E-state index contributed by atoms with van der Waals surface area (Å²) in [6.07, 6.45) is 3.79. The van der Waals surface area contributed by atoms with Gasteiger partial charge in [-0.25, -0.2) is 4.68 Å². The predicted octanol–water partition coefficient (Wildman–Crippen LogP) is 3.47. The lowest BCUT2D eigenvalue weighted by atomic mass is 10.1. The molecule has 4 rings (SSSR count). The molecule has 0 spiro atoms. The first-order valence-corrected chi connectivity index (χ1v) is 9.97. The van der Waals surface area contributed by atoms with E-state index in [2.05, 4.69) is 5.32 Å². The zero-order chi connectivity index (χ0) is 20.9. The second kappa shape index (κ2) is 9.00. The number of nitrogens with zero attached hydrogens (tertiary/aromatic N) is 2. The van der Waals surface area contributed by atoms with Crippen molar-refractivity contribution in [2.75, 3.05) is 27.4 Å². The third kappa shape index (κ3) is 4.16. The molecule has 1 aliphatic rings. The number of ether oxygens (including phenoxy) is 3. The summed E-state index contributed by atoms with van der Waals surface area (Å²) < 4.78 is 18.2. The zero-order valence-corrected chi connectivity index (χ0v) is 17.1. The minimum atomic E-state index is -0.201. The average Bonchev–Trinajstić information content (AvgIpc) is 3.48. The Morgan fingerprint density at radius 3 is 2.73 bits per heavy atom. The number of hydrogen-bond acceptors (Lipinski definition) is 5. The highest BCUT2D eigenvalue weighted by atomic mass is 16.5. The Bertz CT molecular complexity index is 1010. The van der Waals surface area contributed by atoms with E-state index in [1.807, 2.05) is 48.5 Å². The molecule has 1 amide bonds. The topological polar surface area (TPSA) is 74.6 Å². The number of nitrogens with one attached hydrogen (secondary N) is 1. The highest BCUT2D eigenvalue weighted by Crippen LogP contribution is 2.35. The van der Waals surface area contributed by atoms with Crippen molar-refractivity contribution in [2.45, 2.75) is 18.9 Å². The van der Waals surface area contributed by atoms with Crippen molar-refractivity contribution in [3.05, 3.63) is 60.3 Å². The van der Waals surface area contributed by atoms with Gasteiger partial charge < -0.3 is 19.5 Å². The standard InChI is InChI=1S/C23H25N3O4/c1-28-17-10-11-21(29-2)19(13-17)22-20(23(27)24-14-18-9-6-12-30-18)15-26(25-22)16-7-4-3-5-8-16/h3-5,7-8,10-11,13,15,18H,6,9,12,14H2,1-2H3,(H,24,27)/t18-/m0/s1. The van der Waals surface area contributed by atoms with E-state index in [9.17, 15) is 4.79 Å². The maximum Gasteiger partial charge on any atom is 0.255 e. The molecule has 0 aliphatic carbocycles. The number of para-hydroxylation sites is 1. The molecule has 30 heavy (non-hydrogen) atoms. The molecule has 7 heteroatoms. The fourth-order valence-electron chi connectivity index (χ4n) is 3.56. The molecule has 0 saturated carbocycles. The normalized spacial score (nSPS) is 15.7. The fourth-order valence-corrected chi connectivity index (χ4v) is 3.56. The van der Waals surface area contributed by atoms with Gasteiger partial charge in [0.1, 0.15) is 17.2 Å². The lowest BCUT2D eigenvalue weighted by Crippen LogP contribution is -2.31. The number of hydrogen-bond donors (Lipinski definition) is 1. The molecule has 3 aromatic rings. The smallest absolute Gasteiger partial charge is 0.255 e. The number of carbonyl (C=O) groups is 1. The zero-order valence-electron chi connectivity index (χ0n) is 17.1. The van der Waals surface area contributed by atoms with Gasteiger partial charge >= 0.3 is 0 Å². The average molecular weight is 407 g/mol. The number of methoxy groups -OCH3 is 2. The molecule has 7 nitrogen and oxygen atoms in total. The predicted molar refractivity (Wildman–Crippen MR) is 113 cm³/mol. The van der Waals surface area contributed by atoms with E-state index in [0.717, 1.165) is 25.1 Å². The van der Waals surface area contributed by atoms with Crippen LogP contribution in [0.5, 0.6) is 11.5 Å². The third-order valence-corrected chi connectivity index (χ3v) is 5.16. The number of rotatable bonds is 7. The summed E-state index contributed by atoms with van der Waals surface area (Å²) in [5.74, 6) is 1.07. The van der Waals surface area contributed by atoms with Crippen LogP contribution in [0.15, 0.2) is 54.7 Å². The van der Waals surface area contributed by atoms with Crippen molar-refractivity contribution < 1.29 is 19.0 Å². The minimum absolute atomic E-state index is 0.0629. The van der Waals surface area contributed by atoms with E-state index in [1.165, 1.54) is 0 Å². The van der Waals surface area contributed by atoms with Gasteiger partial charge in [0.15, 0.2) is 0 Å². The first-order valence-electron chi connectivity index (χ1n) is 9.97. The van der Waals surface area contributed by atoms with Gasteiger partial charge in [-0.05, 0) is 43.2 Å². The van der Waals surface area contributed by atoms with Crippen molar-refractivity contribution in [3.63, 3.8) is 0 Å². The first-order chi connectivity index (χ1) is 14.7. The van der Waals surface area contributed by atoms with Crippen molar-refractivity contribution >= 4 is 5.91 Å². The van der Waals surface area contributed by atoms with Gasteiger partial charge in [0, 0.05) is 24.9 Å². The number of amides is 1. The van der Waals surface area contributed by atoms with Gasteiger partial charge in [-0.3, -0.25) is 4.79 Å². The van der Waals surface area contributed by atoms with E-state index in [4.69, 9.17) is 19.3 Å². The Morgan fingerprint density at radius 1 is 1.20 bits per heavy atom. The second-order valence-corrected chi connectivity index (χ2v) is 7.08. The summed E-state index contributed by atoms with van der Waals surface area (Å²) in [6.45, 7) is 1.22. The van der Waals surface area contributed by atoms with E-state index in [1.54, 1.807) is 25.1 Å². The molecule has 0 unspecified atom stereocenters. The molecule has 156 valence electrons. The van der Waals surface area contributed by atoms with Crippen molar-refractivity contribution in [1.29, 1.82) is 0 Å². The van der Waals surface area contributed by atoms with Gasteiger partial charge in [-0.2, -0.15) is 5.10 Å². The van der Waals surface area contributed by atoms with E-state index >= 15 is 0 Å². The number of carbonyl (C=O) groups excluding carboxylic acids is 1. The van der Waals surface area contributed by atoms with E-state index < -0.39 is 0 Å². The number of aromatic nitrogens is 2. The molecule has 1 saturated heterocycles. The largest absolute Gasteiger partial charge is 0.497 e. The van der Waals surface area contributed by atoms with Crippen LogP contribution in [-0.4, -0.2) is 49.2 Å². The van der Waals surface area contributed by atoms with Crippen LogP contribution >= 0.6 is 0 Å². The van der Waals surface area contributed by atoms with Crippen LogP contribution in [0.1, 0.15) is 23.2 Å². The summed E-state index contributed by atoms with van der Waals surface area (Å²) >= 11 is 0. The fraction of sp³-hybridized carbons (Fsp3) is 0.304. The summed E-state index contributed by atoms with van der Waals surface area (Å²) in [5.41, 5.74) is 2.54. The summed E-state index contributed by atoms with van der Waals surface area (Å²) in [4.78, 5) is 13.1. The molecule has 0 bridgehead atoms. The van der Waals surface area contributed by atoms with Crippen LogP contribution in [0.3, 0.4) is 0 Å². The van der Waals surface area contributed by atoms with Crippen molar-refractivity contribution in [2.24, 2.45) is 0 Å². The Morgan fingerprint density at radius 2 is 2.03 bits per heavy atom. The first kappa shape index (κ1) is 20.0. The van der Waals surface area contributed by atoms with Crippen LogP contribution in [-0.2, 0) is 4.74 Å². The Labute approximate surface area is 175 Å². The van der Waals surface area contributed by atoms with Crippen LogP contribution < -0.4 is 14.8 Å². The van der Waals surface area contributed by atoms with Crippen LogP contribution in [0.4, 0.5) is 0 Å². The molecular weight excluding hydrogens is 382 g/mol. The quantitative estimate of drug-likeness (QED) is 0.649. The maximum absolute atomic E-state index is 13.1. The van der Waals surface area contributed by atoms with Gasteiger partial charge in [0.25, 0.3) is 5.91 Å². The molecule has 1 N–H and O–H groups in total. The minimum Gasteiger partial charge on any atom is -0.497 e. The Kier molecular flexibility index (Phi) is 5.99. The molecule has 0 radical (unpaired) electrons. The summed E-state index contributed by atoms with van der Waals surface area (Å²) in [5, 5.41) is 7.72. The van der Waals surface area contributed by atoms with E-state index in [0.29, 0.717) is 34.9 Å². The monoisotopic (exact) mass is 407 g/mol. The second-order valence-electron chi connectivity index (χ2n) is 7.08. The SMILES string of the molecule is COc1ccc(OC)c(-c2nn(-c3ccccc3)cc2C(=O)NC[C@@H]2CCCO2)c1. The van der Waals surface area contributed by atoms with Gasteiger partial charge in [-0.1, -0.05) is 18.2 Å². The third-order valence-electron chi connectivity index (χ3n) is 5.16. The Balaban J connectivity index is 1.74. The molecule has 1 fully saturated rings. The molecule has 1 aromatic heterocycles. The van der Waals surface area contributed by atoms with Gasteiger partial charge in [-0.15, -0.1) is 0 Å². The van der Waals surface area contributed by atoms with Crippen molar-refractivity contribution in [3.8, 4) is 28.4 Å². The summed E-state index contributed by atoms with van der Waals surface area (Å²) in [6, 6.07) is 15.1. The van der Waals surface area contributed by atoms with Crippen LogP contribution in [0.2, 0.25) is 0 Å². The molecule has 2 aromatic carbocycles. The van der Waals surface area contributed by atoms with Gasteiger partial charge in [0.2, 0.25) is 0 Å². The highest BCUT2D eigenvalue weighted by Gasteiger charge is 2.23. The van der Waals surface area contributed by atoms with E-state index in [-0.39, 0.29) is 12.0 Å². The Hall–Kier alpha value is -3.32. The molecule has 1 aliphatic heterocycles. The highest BCUT2D eigenvalue weighted by molar-refractivity contribution is 6.00. The maximum atomic E-state index is 13.1. The lowest BCUT2D eigenvalue weighted by Gasteiger charge is -2.12. The van der Waals surface area contributed by atoms with Crippen molar-refractivity contribution in [1.82, 2.24) is 15.1 Å². The number of benzene rings is 2. The summed E-state index contributed by atoms with van der Waals surface area (Å²) in [7, 11) is 3.19. The molecule has 2 heterocycles. The lowest BCUT2D eigenvalue weighted by molar-refractivity contribution is 0.0858. The van der Waals surface area contributed by atoms with Crippen LogP contribution in [0.25, 0.3) is 16.9 Å².